The van der Waals surface area contributed by atoms with Gasteiger partial charge >= 0.3 is 12.5 Å². The van der Waals surface area contributed by atoms with Crippen LogP contribution in [0.25, 0.3) is 17.2 Å². The summed E-state index contributed by atoms with van der Waals surface area (Å²) in [5.41, 5.74) is 5.35. The number of nitrogens with one attached hydrogen (secondary N) is 1. The number of benzene rings is 2. The van der Waals surface area contributed by atoms with Crippen molar-refractivity contribution >= 4 is 23.5 Å². The summed E-state index contributed by atoms with van der Waals surface area (Å²) in [7, 11) is 3.15. The van der Waals surface area contributed by atoms with E-state index in [2.05, 4.69) is 16.6 Å². The molecule has 0 aliphatic heterocycles. The van der Waals surface area contributed by atoms with E-state index in [1.807, 2.05) is 38.9 Å². The number of halogens is 3. The highest BCUT2D eigenvalue weighted by Gasteiger charge is 2.31. The van der Waals surface area contributed by atoms with Crippen molar-refractivity contribution in [2.75, 3.05) is 24.4 Å². The predicted octanol–water partition coefficient (Wildman–Crippen LogP) is 7.13. The Kier molecular flexibility index (Phi) is 7.97. The Morgan fingerprint density at radius 3 is 2.38 bits per heavy atom. The maximum atomic E-state index is 12.5. The van der Waals surface area contributed by atoms with E-state index in [1.165, 1.54) is 31.4 Å². The van der Waals surface area contributed by atoms with Crippen LogP contribution in [-0.2, 0) is 4.74 Å². The molecule has 0 heterocycles. The topological polar surface area (TPSA) is 50.8 Å². The molecule has 0 aliphatic carbocycles. The highest BCUT2D eigenvalue weighted by Crippen LogP contribution is 2.40. The molecule has 0 unspecified atom stereocenters. The van der Waals surface area contributed by atoms with Gasteiger partial charge in [0.05, 0.1) is 18.5 Å². The van der Waals surface area contributed by atoms with Crippen LogP contribution in [0.5, 0.6) is 5.75 Å². The third-order valence-electron chi connectivity index (χ3n) is 4.94. The lowest BCUT2D eigenvalue weighted by atomic mass is 9.94. The monoisotopic (exact) mass is 448 g/mol. The van der Waals surface area contributed by atoms with Gasteiger partial charge in [0.15, 0.2) is 0 Å². The van der Waals surface area contributed by atoms with Crippen LogP contribution < -0.4 is 15.0 Å². The van der Waals surface area contributed by atoms with Crippen LogP contribution in [0.2, 0.25) is 0 Å². The highest BCUT2D eigenvalue weighted by molar-refractivity contribution is 5.95. The predicted molar refractivity (Wildman–Crippen MR) is 122 cm³/mol. The largest absolute Gasteiger partial charge is 0.573 e. The summed E-state index contributed by atoms with van der Waals surface area (Å²) in [6.07, 6.45) is -0.920. The molecule has 2 aromatic carbocycles. The summed E-state index contributed by atoms with van der Waals surface area (Å²) in [6.45, 7) is 9.86. The van der Waals surface area contributed by atoms with Crippen molar-refractivity contribution in [3.05, 3.63) is 59.8 Å². The standard InChI is InChI=1S/C24H27F3N2O3/c1-7-15(3)14-29(5)22-16(4)20(13-21(19(22)8-2)28-23(30)31-6)17-9-11-18(12-10-17)32-24(25,26)27/h8-14H,2,7H2,1,3-6H3,(H,28,30)/b15-14+. The van der Waals surface area contributed by atoms with Crippen LogP contribution in [0.3, 0.4) is 0 Å². The lowest BCUT2D eigenvalue weighted by molar-refractivity contribution is -0.274. The zero-order valence-electron chi connectivity index (χ0n) is 18.8. The summed E-state index contributed by atoms with van der Waals surface area (Å²) in [4.78, 5) is 13.9. The summed E-state index contributed by atoms with van der Waals surface area (Å²) in [5, 5.41) is 2.70. The highest BCUT2D eigenvalue weighted by atomic mass is 19.4. The van der Waals surface area contributed by atoms with E-state index in [0.717, 1.165) is 28.8 Å². The molecule has 32 heavy (non-hydrogen) atoms. The number of nitrogens with zero attached hydrogens (tertiary/aromatic N) is 1. The molecule has 0 aromatic heterocycles. The van der Waals surface area contributed by atoms with Gasteiger partial charge in [0.1, 0.15) is 5.75 Å². The van der Waals surface area contributed by atoms with Crippen LogP contribution in [-0.4, -0.2) is 26.6 Å². The molecule has 0 radical (unpaired) electrons. The minimum absolute atomic E-state index is 0.312. The van der Waals surface area contributed by atoms with Gasteiger partial charge < -0.3 is 14.4 Å². The second kappa shape index (κ2) is 10.3. The number of methoxy groups -OCH3 is 1. The number of rotatable bonds is 7. The molecule has 1 N–H and O–H groups in total. The minimum Gasteiger partial charge on any atom is -0.453 e. The van der Waals surface area contributed by atoms with Crippen molar-refractivity contribution < 1.29 is 27.4 Å². The molecule has 0 spiro atoms. The van der Waals surface area contributed by atoms with Crippen molar-refractivity contribution in [2.45, 2.75) is 33.6 Å². The first-order valence-electron chi connectivity index (χ1n) is 9.92. The number of carbonyl (C=O) groups is 1. The molecule has 0 atom stereocenters. The minimum atomic E-state index is -4.76. The Balaban J connectivity index is 2.69. The Labute approximate surface area is 186 Å². The molecular weight excluding hydrogens is 421 g/mol. The maximum absolute atomic E-state index is 12.5. The van der Waals surface area contributed by atoms with Crippen LogP contribution in [0.4, 0.5) is 29.3 Å². The van der Waals surface area contributed by atoms with Gasteiger partial charge in [-0.2, -0.15) is 0 Å². The molecule has 172 valence electrons. The summed E-state index contributed by atoms with van der Waals surface area (Å²) in [6, 6.07) is 7.32. The van der Waals surface area contributed by atoms with Crippen molar-refractivity contribution in [3.63, 3.8) is 0 Å². The van der Waals surface area contributed by atoms with Crippen LogP contribution >= 0.6 is 0 Å². The normalized spacial score (nSPS) is 11.7. The maximum Gasteiger partial charge on any atom is 0.573 e. The summed E-state index contributed by atoms with van der Waals surface area (Å²) < 4.78 is 46.2. The van der Waals surface area contributed by atoms with Gasteiger partial charge in [-0.15, -0.1) is 13.2 Å². The van der Waals surface area contributed by atoms with E-state index in [1.54, 1.807) is 12.1 Å². The molecule has 8 heteroatoms. The van der Waals surface area contributed by atoms with Crippen molar-refractivity contribution in [1.82, 2.24) is 0 Å². The molecule has 0 saturated carbocycles. The molecular formula is C24H27F3N2O3. The number of ether oxygens (including phenoxy) is 2. The fraction of sp³-hybridized carbons (Fsp3) is 0.292. The number of anilines is 2. The Bertz CT molecular complexity index is 1010. The molecule has 0 bridgehead atoms. The smallest absolute Gasteiger partial charge is 0.453 e. The van der Waals surface area contributed by atoms with E-state index in [4.69, 9.17) is 4.74 Å². The van der Waals surface area contributed by atoms with E-state index in [-0.39, 0.29) is 5.75 Å². The third-order valence-corrected chi connectivity index (χ3v) is 4.94. The lowest BCUT2D eigenvalue weighted by Crippen LogP contribution is -2.17. The number of amides is 1. The van der Waals surface area contributed by atoms with E-state index in [9.17, 15) is 18.0 Å². The number of carbonyl (C=O) groups excluding carboxylic acids is 1. The van der Waals surface area contributed by atoms with Crippen LogP contribution in [0.15, 0.2) is 48.7 Å². The SMILES string of the molecule is C=Cc1c(NC(=O)OC)cc(-c2ccc(OC(F)(F)F)cc2)c(C)c1N(C)/C=C(\C)CC. The third kappa shape index (κ3) is 6.06. The summed E-state index contributed by atoms with van der Waals surface area (Å²) >= 11 is 0. The lowest BCUT2D eigenvalue weighted by Gasteiger charge is -2.25. The Morgan fingerprint density at radius 1 is 1.25 bits per heavy atom. The molecule has 5 nitrogen and oxygen atoms in total. The zero-order valence-corrected chi connectivity index (χ0v) is 18.8. The molecule has 2 rings (SSSR count). The molecule has 0 aliphatic rings. The van der Waals surface area contributed by atoms with E-state index in [0.29, 0.717) is 16.8 Å². The van der Waals surface area contributed by atoms with Crippen molar-refractivity contribution in [2.24, 2.45) is 0 Å². The average Bonchev–Trinajstić information content (AvgIpc) is 2.73. The van der Waals surface area contributed by atoms with Gasteiger partial charge in [-0.1, -0.05) is 37.3 Å². The van der Waals surface area contributed by atoms with E-state index < -0.39 is 12.5 Å². The Hall–Kier alpha value is -3.42. The van der Waals surface area contributed by atoms with Gasteiger partial charge in [-0.3, -0.25) is 5.32 Å². The molecule has 1 amide bonds. The van der Waals surface area contributed by atoms with Crippen molar-refractivity contribution in [1.29, 1.82) is 0 Å². The van der Waals surface area contributed by atoms with Gasteiger partial charge in [-0.25, -0.2) is 4.79 Å². The van der Waals surface area contributed by atoms with Gasteiger partial charge in [0, 0.05) is 18.8 Å². The summed E-state index contributed by atoms with van der Waals surface area (Å²) in [5.74, 6) is -0.312. The second-order valence-corrected chi connectivity index (χ2v) is 7.19. The Morgan fingerprint density at radius 2 is 1.88 bits per heavy atom. The molecule has 2 aromatic rings. The average molecular weight is 448 g/mol. The van der Waals surface area contributed by atoms with Crippen LogP contribution in [0.1, 0.15) is 31.4 Å². The number of alkyl halides is 3. The first-order chi connectivity index (χ1) is 15.0. The quantitative estimate of drug-likeness (QED) is 0.489. The molecule has 0 saturated heterocycles. The second-order valence-electron chi connectivity index (χ2n) is 7.19. The van der Waals surface area contributed by atoms with Gasteiger partial charge in [0.2, 0.25) is 0 Å². The first kappa shape index (κ1) is 24.8. The number of hydrogen-bond donors (Lipinski definition) is 1. The van der Waals surface area contributed by atoms with Gasteiger partial charge in [0.25, 0.3) is 0 Å². The van der Waals surface area contributed by atoms with Gasteiger partial charge in [-0.05, 0) is 55.2 Å². The van der Waals surface area contributed by atoms with E-state index >= 15 is 0 Å². The molecule has 0 fully saturated rings. The zero-order chi connectivity index (χ0) is 24.1. The number of hydrogen-bond acceptors (Lipinski definition) is 4. The fourth-order valence-corrected chi connectivity index (χ4v) is 3.34. The number of allylic oxidation sites excluding steroid dienone is 1. The van der Waals surface area contributed by atoms with Crippen molar-refractivity contribution in [3.8, 4) is 16.9 Å². The first-order valence-corrected chi connectivity index (χ1v) is 9.92. The van der Waals surface area contributed by atoms with Crippen LogP contribution in [0, 0.1) is 6.92 Å². The fourth-order valence-electron chi connectivity index (χ4n) is 3.34.